The summed E-state index contributed by atoms with van der Waals surface area (Å²) in [6.07, 6.45) is -4.75. The first-order valence-electron chi connectivity index (χ1n) is 8.82. The zero-order valence-electron chi connectivity index (χ0n) is 15.8. The van der Waals surface area contributed by atoms with Gasteiger partial charge in [-0.2, -0.15) is 18.3 Å². The number of aliphatic imine (C=N–C) groups is 1. The highest BCUT2D eigenvalue weighted by atomic mass is 19.4. The van der Waals surface area contributed by atoms with Crippen molar-refractivity contribution in [1.29, 1.82) is 0 Å². The number of guanidine groups is 1. The van der Waals surface area contributed by atoms with Crippen LogP contribution >= 0.6 is 0 Å². The molecule has 1 atom stereocenters. The SMILES string of the molecule is CC(C)=NN1C(N2CCN(C)CC2)=Nc2cc(F)c(C(F)(F)F)cc2C1C. The number of hydrogen-bond donors (Lipinski definition) is 0. The second-order valence-electron chi connectivity index (χ2n) is 7.16. The van der Waals surface area contributed by atoms with Gasteiger partial charge in [-0.15, -0.1) is 0 Å². The lowest BCUT2D eigenvalue weighted by Crippen LogP contribution is -2.52. The van der Waals surface area contributed by atoms with E-state index in [4.69, 9.17) is 0 Å². The minimum atomic E-state index is -4.75. The van der Waals surface area contributed by atoms with Crippen LogP contribution in [0.3, 0.4) is 0 Å². The summed E-state index contributed by atoms with van der Waals surface area (Å²) in [5, 5.41) is 6.14. The summed E-state index contributed by atoms with van der Waals surface area (Å²) in [6, 6.07) is 1.24. The van der Waals surface area contributed by atoms with Crippen molar-refractivity contribution in [3.63, 3.8) is 0 Å². The van der Waals surface area contributed by atoms with Gasteiger partial charge < -0.3 is 9.80 Å². The normalized spacial score (nSPS) is 21.0. The number of alkyl halides is 3. The zero-order chi connectivity index (χ0) is 19.9. The Bertz CT molecular complexity index is 775. The van der Waals surface area contributed by atoms with Crippen LogP contribution in [0.25, 0.3) is 0 Å². The standard InChI is InChI=1S/C18H23F4N5/c1-11(2)24-27-12(3)13-9-14(18(20,21)22)15(19)10-16(13)23-17(27)26-7-5-25(4)6-8-26/h9-10,12H,5-8H2,1-4H3. The van der Waals surface area contributed by atoms with Crippen molar-refractivity contribution in [3.8, 4) is 0 Å². The van der Waals surface area contributed by atoms with Crippen molar-refractivity contribution in [1.82, 2.24) is 14.8 Å². The van der Waals surface area contributed by atoms with Crippen LogP contribution in [-0.2, 0) is 6.18 Å². The molecule has 1 fully saturated rings. The van der Waals surface area contributed by atoms with Crippen molar-refractivity contribution in [2.45, 2.75) is 33.0 Å². The van der Waals surface area contributed by atoms with Gasteiger partial charge in [0.15, 0.2) is 0 Å². The molecule has 0 aromatic heterocycles. The molecule has 1 saturated heterocycles. The molecular formula is C18H23F4N5. The lowest BCUT2D eigenvalue weighted by atomic mass is 10.00. The number of nitrogens with zero attached hydrogens (tertiary/aromatic N) is 5. The molecular weight excluding hydrogens is 362 g/mol. The van der Waals surface area contributed by atoms with E-state index in [2.05, 4.69) is 15.0 Å². The zero-order valence-corrected chi connectivity index (χ0v) is 15.8. The molecule has 0 spiro atoms. The summed E-state index contributed by atoms with van der Waals surface area (Å²) in [5.74, 6) is -0.762. The van der Waals surface area contributed by atoms with Gasteiger partial charge >= 0.3 is 6.18 Å². The average molecular weight is 385 g/mol. The van der Waals surface area contributed by atoms with Crippen molar-refractivity contribution in [2.24, 2.45) is 10.1 Å². The van der Waals surface area contributed by atoms with E-state index in [1.807, 2.05) is 25.8 Å². The Hall–Kier alpha value is -2.16. The Morgan fingerprint density at radius 3 is 2.33 bits per heavy atom. The van der Waals surface area contributed by atoms with Crippen molar-refractivity contribution >= 4 is 17.4 Å². The monoisotopic (exact) mass is 385 g/mol. The fraction of sp³-hybridized carbons (Fsp3) is 0.556. The van der Waals surface area contributed by atoms with Crippen LogP contribution in [0.5, 0.6) is 0 Å². The highest BCUT2D eigenvalue weighted by Gasteiger charge is 2.38. The number of hydrogen-bond acceptors (Lipinski definition) is 5. The molecule has 0 aliphatic carbocycles. The van der Waals surface area contributed by atoms with E-state index in [9.17, 15) is 17.6 Å². The molecule has 0 N–H and O–H groups in total. The maximum Gasteiger partial charge on any atom is 0.419 e. The fourth-order valence-electron chi connectivity index (χ4n) is 3.26. The second-order valence-corrected chi connectivity index (χ2v) is 7.16. The van der Waals surface area contributed by atoms with Gasteiger partial charge in [0.2, 0.25) is 5.96 Å². The van der Waals surface area contributed by atoms with Gasteiger partial charge in [-0.1, -0.05) is 0 Å². The first-order valence-corrected chi connectivity index (χ1v) is 8.82. The van der Waals surface area contributed by atoms with Crippen LogP contribution in [0.2, 0.25) is 0 Å². The number of piperazine rings is 1. The van der Waals surface area contributed by atoms with Gasteiger partial charge in [-0.05, 0) is 33.9 Å². The molecule has 1 aromatic rings. The van der Waals surface area contributed by atoms with Gasteiger partial charge in [-0.25, -0.2) is 14.4 Å². The summed E-state index contributed by atoms with van der Waals surface area (Å²) in [5.41, 5.74) is 0.0162. The lowest BCUT2D eigenvalue weighted by molar-refractivity contribution is -0.140. The van der Waals surface area contributed by atoms with Crippen molar-refractivity contribution in [2.75, 3.05) is 33.2 Å². The Morgan fingerprint density at radius 2 is 1.78 bits per heavy atom. The van der Waals surface area contributed by atoms with Gasteiger partial charge in [0.25, 0.3) is 0 Å². The van der Waals surface area contributed by atoms with Crippen LogP contribution < -0.4 is 0 Å². The van der Waals surface area contributed by atoms with Gasteiger partial charge in [0.1, 0.15) is 5.82 Å². The molecule has 1 aromatic carbocycles. The predicted molar refractivity (Wildman–Crippen MR) is 96.6 cm³/mol. The first-order chi connectivity index (χ1) is 12.6. The van der Waals surface area contributed by atoms with Crippen molar-refractivity contribution < 1.29 is 17.6 Å². The molecule has 2 aliphatic rings. The molecule has 0 amide bonds. The number of halogens is 4. The van der Waals surface area contributed by atoms with E-state index in [1.165, 1.54) is 0 Å². The fourth-order valence-corrected chi connectivity index (χ4v) is 3.26. The molecule has 0 saturated carbocycles. The van der Waals surface area contributed by atoms with Crippen LogP contribution in [-0.4, -0.2) is 59.7 Å². The quantitative estimate of drug-likeness (QED) is 0.544. The van der Waals surface area contributed by atoms with E-state index >= 15 is 0 Å². The van der Waals surface area contributed by atoms with E-state index in [-0.39, 0.29) is 5.69 Å². The summed E-state index contributed by atoms with van der Waals surface area (Å²) in [6.45, 7) is 8.50. The van der Waals surface area contributed by atoms with E-state index in [0.717, 1.165) is 44.0 Å². The van der Waals surface area contributed by atoms with Crippen LogP contribution in [0, 0.1) is 5.82 Å². The molecule has 2 heterocycles. The highest BCUT2D eigenvalue weighted by Crippen LogP contribution is 2.41. The van der Waals surface area contributed by atoms with Gasteiger partial charge in [0.05, 0.1) is 17.3 Å². The number of benzene rings is 1. The van der Waals surface area contributed by atoms with Crippen molar-refractivity contribution in [3.05, 3.63) is 29.1 Å². The topological polar surface area (TPSA) is 34.4 Å². The van der Waals surface area contributed by atoms with Gasteiger partial charge in [0, 0.05) is 43.5 Å². The molecule has 9 heteroatoms. The summed E-state index contributed by atoms with van der Waals surface area (Å²) in [4.78, 5) is 8.73. The summed E-state index contributed by atoms with van der Waals surface area (Å²) in [7, 11) is 2.03. The number of likely N-dealkylation sites (N-methyl/N-ethyl adjacent to an activating group) is 1. The summed E-state index contributed by atoms with van der Waals surface area (Å²) >= 11 is 0. The molecule has 27 heavy (non-hydrogen) atoms. The molecule has 0 bridgehead atoms. The Morgan fingerprint density at radius 1 is 1.15 bits per heavy atom. The molecule has 5 nitrogen and oxygen atoms in total. The predicted octanol–water partition coefficient (Wildman–Crippen LogP) is 3.85. The minimum absolute atomic E-state index is 0.224. The molecule has 3 rings (SSSR count). The molecule has 1 unspecified atom stereocenters. The van der Waals surface area contributed by atoms with Crippen LogP contribution in [0.4, 0.5) is 23.2 Å². The Kier molecular flexibility index (Phi) is 5.16. The van der Waals surface area contributed by atoms with E-state index < -0.39 is 23.6 Å². The maximum absolute atomic E-state index is 14.1. The number of fused-ring (bicyclic) bond motifs is 1. The third-order valence-corrected chi connectivity index (χ3v) is 4.76. The van der Waals surface area contributed by atoms with E-state index in [1.54, 1.807) is 11.9 Å². The van der Waals surface area contributed by atoms with E-state index in [0.29, 0.717) is 11.5 Å². The largest absolute Gasteiger partial charge is 0.419 e. The smallest absolute Gasteiger partial charge is 0.338 e. The molecule has 148 valence electrons. The Labute approximate surface area is 156 Å². The maximum atomic E-state index is 14.1. The number of rotatable bonds is 1. The summed E-state index contributed by atoms with van der Waals surface area (Å²) < 4.78 is 53.5. The van der Waals surface area contributed by atoms with Crippen LogP contribution in [0.1, 0.15) is 37.9 Å². The highest BCUT2D eigenvalue weighted by molar-refractivity contribution is 5.88. The average Bonchev–Trinajstić information content (AvgIpc) is 2.56. The lowest BCUT2D eigenvalue weighted by Gasteiger charge is -2.41. The third kappa shape index (κ3) is 3.92. The Balaban J connectivity index is 2.10. The van der Waals surface area contributed by atoms with Crippen LogP contribution in [0.15, 0.2) is 22.2 Å². The molecule has 0 radical (unpaired) electrons. The molecule has 2 aliphatic heterocycles. The van der Waals surface area contributed by atoms with Gasteiger partial charge in [-0.3, -0.25) is 0 Å². The third-order valence-electron chi connectivity index (χ3n) is 4.76. The second kappa shape index (κ2) is 7.10. The first kappa shape index (κ1) is 19.6. The minimum Gasteiger partial charge on any atom is -0.338 e. The number of hydrazone groups is 1.